The minimum absolute atomic E-state index is 0.0367. The van der Waals surface area contributed by atoms with Gasteiger partial charge in [-0.3, -0.25) is 10.1 Å². The molecule has 0 aromatic heterocycles. The Morgan fingerprint density at radius 1 is 1.11 bits per heavy atom. The second-order valence-electron chi connectivity index (χ2n) is 9.18. The Hall–Kier alpha value is -2.17. The molecule has 3 aliphatic heterocycles. The monoisotopic (exact) mass is 376 g/mol. The average molecular weight is 377 g/mol. The SMILES string of the molecule is CCc1cc2c3c(c1)[C@@]1(NCCO1)C(=O)N3C(C)(C)C[C@@]2(C)c1ccccc1. The third kappa shape index (κ3) is 2.10. The summed E-state index contributed by atoms with van der Waals surface area (Å²) in [6.07, 6.45) is 1.80. The van der Waals surface area contributed by atoms with E-state index in [1.165, 1.54) is 16.7 Å². The van der Waals surface area contributed by atoms with Gasteiger partial charge in [0.2, 0.25) is 5.72 Å². The van der Waals surface area contributed by atoms with Crippen molar-refractivity contribution >= 4 is 11.6 Å². The fourth-order valence-electron chi connectivity index (χ4n) is 5.68. The number of carbonyl (C=O) groups is 1. The molecule has 1 saturated heterocycles. The number of rotatable bonds is 2. The second-order valence-corrected chi connectivity index (χ2v) is 9.18. The Morgan fingerprint density at radius 3 is 2.46 bits per heavy atom. The Bertz CT molecular complexity index is 960. The van der Waals surface area contributed by atoms with Crippen LogP contribution in [0, 0.1) is 0 Å². The number of carbonyl (C=O) groups excluding carboxylic acids is 1. The molecule has 1 fully saturated rings. The van der Waals surface area contributed by atoms with Crippen molar-refractivity contribution in [1.82, 2.24) is 5.32 Å². The van der Waals surface area contributed by atoms with E-state index in [1.54, 1.807) is 0 Å². The summed E-state index contributed by atoms with van der Waals surface area (Å²) in [6, 6.07) is 15.2. The number of benzene rings is 2. The summed E-state index contributed by atoms with van der Waals surface area (Å²) in [5.74, 6) is 0.0367. The van der Waals surface area contributed by atoms with Gasteiger partial charge >= 0.3 is 0 Å². The van der Waals surface area contributed by atoms with Crippen molar-refractivity contribution in [1.29, 1.82) is 0 Å². The van der Waals surface area contributed by atoms with Gasteiger partial charge in [0.25, 0.3) is 5.91 Å². The molecule has 0 unspecified atom stereocenters. The number of ether oxygens (including phenoxy) is 1. The molecular formula is C24H28N2O2. The van der Waals surface area contributed by atoms with Crippen LogP contribution >= 0.6 is 0 Å². The number of nitrogens with one attached hydrogen (secondary N) is 1. The maximum absolute atomic E-state index is 13.7. The van der Waals surface area contributed by atoms with Crippen LogP contribution in [0.2, 0.25) is 0 Å². The Kier molecular flexibility index (Phi) is 3.63. The number of hydrogen-bond donors (Lipinski definition) is 1. The molecule has 5 rings (SSSR count). The quantitative estimate of drug-likeness (QED) is 0.865. The topological polar surface area (TPSA) is 41.6 Å². The molecule has 146 valence electrons. The second kappa shape index (κ2) is 5.68. The van der Waals surface area contributed by atoms with Crippen molar-refractivity contribution < 1.29 is 9.53 Å². The van der Waals surface area contributed by atoms with Crippen LogP contribution in [0.3, 0.4) is 0 Å². The summed E-state index contributed by atoms with van der Waals surface area (Å²) in [5, 5.41) is 3.40. The smallest absolute Gasteiger partial charge is 0.280 e. The normalized spacial score (nSPS) is 30.1. The van der Waals surface area contributed by atoms with Gasteiger partial charge in [-0.1, -0.05) is 50.2 Å². The highest BCUT2D eigenvalue weighted by Gasteiger charge is 2.62. The lowest BCUT2D eigenvalue weighted by atomic mass is 9.65. The molecule has 0 radical (unpaired) electrons. The fourth-order valence-corrected chi connectivity index (χ4v) is 5.68. The van der Waals surface area contributed by atoms with Gasteiger partial charge in [-0.2, -0.15) is 0 Å². The Balaban J connectivity index is 1.85. The summed E-state index contributed by atoms with van der Waals surface area (Å²) in [6.45, 7) is 10.1. The van der Waals surface area contributed by atoms with Crippen molar-refractivity contribution in [3.63, 3.8) is 0 Å². The van der Waals surface area contributed by atoms with E-state index in [1.807, 2.05) is 4.90 Å². The molecule has 4 nitrogen and oxygen atoms in total. The van der Waals surface area contributed by atoms with Crippen LogP contribution in [0.1, 0.15) is 56.4 Å². The molecule has 1 amide bonds. The zero-order chi connectivity index (χ0) is 19.7. The molecule has 2 aromatic carbocycles. The Morgan fingerprint density at radius 2 is 1.82 bits per heavy atom. The van der Waals surface area contributed by atoms with Crippen molar-refractivity contribution in [3.05, 3.63) is 64.7 Å². The number of nitrogens with zero attached hydrogens (tertiary/aromatic N) is 1. The summed E-state index contributed by atoms with van der Waals surface area (Å²) in [5.41, 5.74) is 4.35. The summed E-state index contributed by atoms with van der Waals surface area (Å²) >= 11 is 0. The molecule has 4 heteroatoms. The molecule has 1 spiro atoms. The predicted octanol–water partition coefficient (Wildman–Crippen LogP) is 3.86. The predicted molar refractivity (Wildman–Crippen MR) is 111 cm³/mol. The molecule has 28 heavy (non-hydrogen) atoms. The van der Waals surface area contributed by atoms with Crippen LogP contribution < -0.4 is 10.2 Å². The lowest BCUT2D eigenvalue weighted by Gasteiger charge is -2.50. The highest BCUT2D eigenvalue weighted by atomic mass is 16.5. The standard InChI is InChI=1S/C24H28N2O2/c1-5-16-13-18-20-19(14-16)24(25-11-12-28-24)21(27)26(20)22(2,3)15-23(18,4)17-9-7-6-8-10-17/h6-10,13-14,25H,5,11-12,15H2,1-4H3/t23-,24-/m0/s1. The van der Waals surface area contributed by atoms with Crippen molar-refractivity contribution in [3.8, 4) is 0 Å². The van der Waals surface area contributed by atoms with Gasteiger partial charge in [-0.15, -0.1) is 0 Å². The summed E-state index contributed by atoms with van der Waals surface area (Å²) in [7, 11) is 0. The maximum Gasteiger partial charge on any atom is 0.280 e. The number of anilines is 1. The highest BCUT2D eigenvalue weighted by Crippen LogP contribution is 2.58. The van der Waals surface area contributed by atoms with Gasteiger partial charge in [0, 0.05) is 23.1 Å². The number of aryl methyl sites for hydroxylation is 1. The van der Waals surface area contributed by atoms with Gasteiger partial charge in [-0.25, -0.2) is 0 Å². The van der Waals surface area contributed by atoms with Crippen molar-refractivity contribution in [2.45, 2.75) is 57.2 Å². The zero-order valence-corrected chi connectivity index (χ0v) is 17.1. The Labute approximate surface area is 166 Å². The van der Waals surface area contributed by atoms with Gasteiger partial charge < -0.3 is 9.64 Å². The van der Waals surface area contributed by atoms with E-state index in [0.717, 1.165) is 24.1 Å². The van der Waals surface area contributed by atoms with Gasteiger partial charge in [0.05, 0.1) is 12.3 Å². The van der Waals surface area contributed by atoms with E-state index in [9.17, 15) is 4.79 Å². The molecule has 0 aliphatic carbocycles. The highest BCUT2D eigenvalue weighted by molar-refractivity contribution is 6.09. The van der Waals surface area contributed by atoms with Crippen LogP contribution in [0.25, 0.3) is 0 Å². The fraction of sp³-hybridized carbons (Fsp3) is 0.458. The first-order chi connectivity index (χ1) is 13.3. The van der Waals surface area contributed by atoms with Crippen LogP contribution in [0.5, 0.6) is 0 Å². The molecule has 1 N–H and O–H groups in total. The van der Waals surface area contributed by atoms with E-state index < -0.39 is 5.72 Å². The third-order valence-electron chi connectivity index (χ3n) is 6.88. The van der Waals surface area contributed by atoms with Crippen LogP contribution in [0.15, 0.2) is 42.5 Å². The van der Waals surface area contributed by atoms with E-state index in [-0.39, 0.29) is 16.9 Å². The van der Waals surface area contributed by atoms with E-state index in [0.29, 0.717) is 13.2 Å². The average Bonchev–Trinajstić information content (AvgIpc) is 3.26. The van der Waals surface area contributed by atoms with Gasteiger partial charge in [0.15, 0.2) is 0 Å². The minimum atomic E-state index is -1.02. The largest absolute Gasteiger partial charge is 0.346 e. The maximum atomic E-state index is 13.7. The minimum Gasteiger partial charge on any atom is -0.346 e. The molecule has 3 heterocycles. The first-order valence-electron chi connectivity index (χ1n) is 10.3. The first kappa shape index (κ1) is 17.9. The van der Waals surface area contributed by atoms with Crippen molar-refractivity contribution in [2.75, 3.05) is 18.1 Å². The molecular weight excluding hydrogens is 348 g/mol. The van der Waals surface area contributed by atoms with Gasteiger partial charge in [0.1, 0.15) is 0 Å². The number of fused-ring (bicyclic) bond motifs is 1. The van der Waals surface area contributed by atoms with E-state index in [4.69, 9.17) is 4.74 Å². The summed E-state index contributed by atoms with van der Waals surface area (Å²) < 4.78 is 6.12. The molecule has 2 atom stereocenters. The van der Waals surface area contributed by atoms with Crippen molar-refractivity contribution in [2.24, 2.45) is 0 Å². The molecule has 0 saturated carbocycles. The van der Waals surface area contributed by atoms with Gasteiger partial charge in [-0.05, 0) is 49.4 Å². The third-order valence-corrected chi connectivity index (χ3v) is 6.88. The lowest BCUT2D eigenvalue weighted by molar-refractivity contribution is -0.141. The lowest BCUT2D eigenvalue weighted by Crippen LogP contribution is -2.58. The zero-order valence-electron chi connectivity index (χ0n) is 17.1. The van der Waals surface area contributed by atoms with Crippen LogP contribution in [0.4, 0.5) is 5.69 Å². The molecule has 2 aromatic rings. The number of amides is 1. The number of hydrogen-bond acceptors (Lipinski definition) is 3. The van der Waals surface area contributed by atoms with Crippen LogP contribution in [-0.4, -0.2) is 24.6 Å². The molecule has 3 aliphatic rings. The van der Waals surface area contributed by atoms with E-state index in [2.05, 4.69) is 75.5 Å². The van der Waals surface area contributed by atoms with E-state index >= 15 is 0 Å². The first-order valence-corrected chi connectivity index (χ1v) is 10.3. The van der Waals surface area contributed by atoms with Crippen LogP contribution in [-0.2, 0) is 27.1 Å². The molecule has 0 bridgehead atoms. The summed E-state index contributed by atoms with van der Waals surface area (Å²) in [4.78, 5) is 15.7.